The molecule has 2 amide bonds. The molecule has 1 aromatic heterocycles. The second-order valence-electron chi connectivity index (χ2n) is 7.09. The van der Waals surface area contributed by atoms with Crippen LogP contribution < -0.4 is 10.6 Å². The highest BCUT2D eigenvalue weighted by molar-refractivity contribution is 7.16. The van der Waals surface area contributed by atoms with E-state index in [2.05, 4.69) is 15.6 Å². The topological polar surface area (TPSA) is 71.1 Å². The molecule has 3 aromatic rings. The van der Waals surface area contributed by atoms with E-state index in [1.807, 2.05) is 31.2 Å². The number of rotatable bonds is 4. The van der Waals surface area contributed by atoms with Gasteiger partial charge in [0.1, 0.15) is 0 Å². The van der Waals surface area contributed by atoms with E-state index in [-0.39, 0.29) is 17.7 Å². The van der Waals surface area contributed by atoms with E-state index < -0.39 is 0 Å². The Kier molecular flexibility index (Phi) is 5.65. The monoisotopic (exact) mass is 425 g/mol. The molecule has 0 fully saturated rings. The third-order valence-corrected chi connectivity index (χ3v) is 6.18. The molecular weight excluding hydrogens is 406 g/mol. The number of aromatic nitrogens is 1. The van der Waals surface area contributed by atoms with Crippen LogP contribution in [0.3, 0.4) is 0 Å². The molecule has 0 radical (unpaired) electrons. The first-order chi connectivity index (χ1) is 14.0. The number of benzene rings is 2. The SMILES string of the molecule is Cc1cccc(NC(=O)C2CCCc3sc(NC(=O)c4ccc(Cl)cc4)nc32)c1. The summed E-state index contributed by atoms with van der Waals surface area (Å²) in [6, 6.07) is 14.4. The molecule has 1 aliphatic carbocycles. The quantitative estimate of drug-likeness (QED) is 0.586. The number of halogens is 1. The highest BCUT2D eigenvalue weighted by Crippen LogP contribution is 2.37. The number of amides is 2. The number of hydrogen-bond acceptors (Lipinski definition) is 4. The summed E-state index contributed by atoms with van der Waals surface area (Å²) >= 11 is 7.32. The number of carbonyl (C=O) groups excluding carboxylic acids is 2. The Hall–Kier alpha value is -2.70. The lowest BCUT2D eigenvalue weighted by Crippen LogP contribution is -2.24. The molecule has 0 bridgehead atoms. The second-order valence-corrected chi connectivity index (χ2v) is 8.61. The first-order valence-corrected chi connectivity index (χ1v) is 10.6. The summed E-state index contributed by atoms with van der Waals surface area (Å²) in [5.74, 6) is -0.609. The number of aryl methyl sites for hydroxylation is 2. The van der Waals surface area contributed by atoms with E-state index in [0.29, 0.717) is 15.7 Å². The maximum absolute atomic E-state index is 12.9. The van der Waals surface area contributed by atoms with Crippen LogP contribution in [0, 0.1) is 6.92 Å². The zero-order valence-corrected chi connectivity index (χ0v) is 17.4. The van der Waals surface area contributed by atoms with Crippen molar-refractivity contribution in [3.05, 3.63) is 75.3 Å². The number of nitrogens with one attached hydrogen (secondary N) is 2. The number of fused-ring (bicyclic) bond motifs is 1. The first kappa shape index (κ1) is 19.6. The maximum atomic E-state index is 12.9. The van der Waals surface area contributed by atoms with Gasteiger partial charge < -0.3 is 5.32 Å². The van der Waals surface area contributed by atoms with Crippen LogP contribution in [0.4, 0.5) is 10.8 Å². The molecule has 0 aliphatic heterocycles. The number of carbonyl (C=O) groups is 2. The summed E-state index contributed by atoms with van der Waals surface area (Å²) in [6.07, 6.45) is 2.54. The first-order valence-electron chi connectivity index (χ1n) is 9.43. The van der Waals surface area contributed by atoms with Gasteiger partial charge in [0.25, 0.3) is 5.91 Å². The minimum absolute atomic E-state index is 0.0579. The molecule has 29 heavy (non-hydrogen) atoms. The number of anilines is 2. The normalized spacial score (nSPS) is 15.4. The Morgan fingerprint density at radius 3 is 2.69 bits per heavy atom. The van der Waals surface area contributed by atoms with Gasteiger partial charge in [0, 0.05) is 21.2 Å². The van der Waals surface area contributed by atoms with Crippen molar-refractivity contribution in [3.63, 3.8) is 0 Å². The molecule has 1 unspecified atom stereocenters. The third-order valence-electron chi connectivity index (χ3n) is 4.88. The van der Waals surface area contributed by atoms with Crippen molar-refractivity contribution in [1.29, 1.82) is 0 Å². The summed E-state index contributed by atoms with van der Waals surface area (Å²) in [7, 11) is 0. The van der Waals surface area contributed by atoms with Crippen LogP contribution in [0.25, 0.3) is 0 Å². The molecule has 2 N–H and O–H groups in total. The molecule has 1 heterocycles. The zero-order chi connectivity index (χ0) is 20.4. The van der Waals surface area contributed by atoms with Gasteiger partial charge in [-0.15, -0.1) is 11.3 Å². The third kappa shape index (κ3) is 4.49. The molecule has 1 aliphatic rings. The fourth-order valence-electron chi connectivity index (χ4n) is 3.45. The molecule has 1 atom stereocenters. The largest absolute Gasteiger partial charge is 0.326 e. The van der Waals surface area contributed by atoms with Crippen LogP contribution in [0.15, 0.2) is 48.5 Å². The number of thiazole rings is 1. The zero-order valence-electron chi connectivity index (χ0n) is 15.9. The van der Waals surface area contributed by atoms with Crippen LogP contribution in [0.1, 0.15) is 45.3 Å². The van der Waals surface area contributed by atoms with Crippen LogP contribution in [0.2, 0.25) is 5.02 Å². The van der Waals surface area contributed by atoms with Crippen LogP contribution in [0.5, 0.6) is 0 Å². The summed E-state index contributed by atoms with van der Waals surface area (Å²) < 4.78 is 0. The summed E-state index contributed by atoms with van der Waals surface area (Å²) in [5.41, 5.74) is 3.16. The van der Waals surface area contributed by atoms with Gasteiger partial charge in [-0.2, -0.15) is 0 Å². The van der Waals surface area contributed by atoms with E-state index >= 15 is 0 Å². The molecule has 0 saturated carbocycles. The summed E-state index contributed by atoms with van der Waals surface area (Å²) in [6.45, 7) is 1.99. The van der Waals surface area contributed by atoms with E-state index in [4.69, 9.17) is 11.6 Å². The highest BCUT2D eigenvalue weighted by atomic mass is 35.5. The maximum Gasteiger partial charge on any atom is 0.257 e. The van der Waals surface area contributed by atoms with Crippen molar-refractivity contribution in [2.75, 3.05) is 10.6 Å². The lowest BCUT2D eigenvalue weighted by Gasteiger charge is -2.20. The van der Waals surface area contributed by atoms with Gasteiger partial charge in [-0.3, -0.25) is 14.9 Å². The predicted molar refractivity (Wildman–Crippen MR) is 117 cm³/mol. The fourth-order valence-corrected chi connectivity index (χ4v) is 4.64. The van der Waals surface area contributed by atoms with E-state index in [9.17, 15) is 9.59 Å². The molecule has 0 spiro atoms. The molecule has 148 valence electrons. The Labute approximate surface area is 178 Å². The van der Waals surface area contributed by atoms with Gasteiger partial charge >= 0.3 is 0 Å². The smallest absolute Gasteiger partial charge is 0.257 e. The van der Waals surface area contributed by atoms with E-state index in [0.717, 1.165) is 41.1 Å². The van der Waals surface area contributed by atoms with Crippen LogP contribution >= 0.6 is 22.9 Å². The van der Waals surface area contributed by atoms with Crippen molar-refractivity contribution in [2.24, 2.45) is 0 Å². The predicted octanol–water partition coefficient (Wildman–Crippen LogP) is 5.42. The van der Waals surface area contributed by atoms with Crippen molar-refractivity contribution in [1.82, 2.24) is 4.98 Å². The Bertz CT molecular complexity index is 1060. The Morgan fingerprint density at radius 2 is 1.93 bits per heavy atom. The molecule has 0 saturated heterocycles. The average molecular weight is 426 g/mol. The highest BCUT2D eigenvalue weighted by Gasteiger charge is 2.30. The molecule has 7 heteroatoms. The van der Waals surface area contributed by atoms with Gasteiger partial charge in [0.2, 0.25) is 5.91 Å². The van der Waals surface area contributed by atoms with Crippen LogP contribution in [-0.4, -0.2) is 16.8 Å². The molecule has 4 rings (SSSR count). The number of hydrogen-bond donors (Lipinski definition) is 2. The van der Waals surface area contributed by atoms with Crippen molar-refractivity contribution in [2.45, 2.75) is 32.1 Å². The van der Waals surface area contributed by atoms with Gasteiger partial charge in [0.05, 0.1) is 11.6 Å². The van der Waals surface area contributed by atoms with E-state index in [1.54, 1.807) is 24.3 Å². The second kappa shape index (κ2) is 8.35. The lowest BCUT2D eigenvalue weighted by atomic mass is 9.90. The Balaban J connectivity index is 1.50. The molecule has 5 nitrogen and oxygen atoms in total. The lowest BCUT2D eigenvalue weighted by molar-refractivity contribution is -0.117. The summed E-state index contributed by atoms with van der Waals surface area (Å²) in [5, 5.41) is 6.94. The van der Waals surface area contributed by atoms with Gasteiger partial charge in [0.15, 0.2) is 5.13 Å². The van der Waals surface area contributed by atoms with Crippen LogP contribution in [-0.2, 0) is 11.2 Å². The van der Waals surface area contributed by atoms with Crippen molar-refractivity contribution >= 4 is 45.6 Å². The minimum atomic E-state index is -0.309. The minimum Gasteiger partial charge on any atom is -0.326 e. The molecular formula is C22H20ClN3O2S. The van der Waals surface area contributed by atoms with Crippen molar-refractivity contribution in [3.8, 4) is 0 Å². The summed E-state index contributed by atoms with van der Waals surface area (Å²) in [4.78, 5) is 31.0. The Morgan fingerprint density at radius 1 is 1.14 bits per heavy atom. The van der Waals surface area contributed by atoms with Gasteiger partial charge in [-0.25, -0.2) is 4.98 Å². The standard InChI is InChI=1S/C22H20ClN3O2S/c1-13-4-2-5-16(12-13)24-21(28)17-6-3-7-18-19(17)25-22(29-18)26-20(27)14-8-10-15(23)11-9-14/h2,4-5,8-12,17H,3,6-7H2,1H3,(H,24,28)(H,25,26,27). The number of nitrogens with zero attached hydrogens (tertiary/aromatic N) is 1. The van der Waals surface area contributed by atoms with Gasteiger partial charge in [-0.1, -0.05) is 23.7 Å². The van der Waals surface area contributed by atoms with Gasteiger partial charge in [-0.05, 0) is 68.1 Å². The van der Waals surface area contributed by atoms with E-state index in [1.165, 1.54) is 11.3 Å². The average Bonchev–Trinajstić information content (AvgIpc) is 3.10. The van der Waals surface area contributed by atoms with Crippen molar-refractivity contribution < 1.29 is 9.59 Å². The molecule has 2 aromatic carbocycles. The fraction of sp³-hybridized carbons (Fsp3) is 0.227.